The van der Waals surface area contributed by atoms with E-state index in [9.17, 15) is 0 Å². The summed E-state index contributed by atoms with van der Waals surface area (Å²) in [4.78, 5) is 2.58. The van der Waals surface area contributed by atoms with Gasteiger partial charge in [-0.15, -0.1) is 0 Å². The van der Waals surface area contributed by atoms with Crippen molar-refractivity contribution in [3.05, 3.63) is 157 Å². The van der Waals surface area contributed by atoms with Crippen LogP contribution in [0.25, 0.3) is 44.5 Å². The molecule has 1 nitrogen and oxygen atoms in total. The third-order valence-corrected chi connectivity index (χ3v) is 8.58. The van der Waals surface area contributed by atoms with Gasteiger partial charge < -0.3 is 4.90 Å². The fourth-order valence-corrected chi connectivity index (χ4v) is 6.61. The second-order valence-electron chi connectivity index (χ2n) is 11.0. The van der Waals surface area contributed by atoms with Crippen molar-refractivity contribution >= 4 is 11.4 Å². The predicted octanol–water partition coefficient (Wildman–Crippen LogP) is 9.97. The number of benzene rings is 6. The Morgan fingerprint density at radius 1 is 0.350 bits per heavy atom. The molecule has 2 aliphatic rings. The minimum Gasteiger partial charge on any atom is -0.337 e. The number of hydrogen-bond acceptors (Lipinski definition) is 1. The van der Waals surface area contributed by atoms with E-state index in [1.165, 1.54) is 67.0 Å². The van der Waals surface area contributed by atoms with Crippen LogP contribution in [0.3, 0.4) is 0 Å². The highest BCUT2D eigenvalue weighted by molar-refractivity contribution is 5.83. The Bertz CT molecular complexity index is 1830. The molecular weight excluding hydrogens is 482 g/mol. The normalized spacial score (nSPS) is 15.0. The second-order valence-corrected chi connectivity index (χ2v) is 11.0. The van der Waals surface area contributed by atoms with Crippen molar-refractivity contribution in [3.63, 3.8) is 0 Å². The number of fused-ring (bicyclic) bond motifs is 5. The van der Waals surface area contributed by atoms with Crippen LogP contribution in [0.1, 0.15) is 11.1 Å². The van der Waals surface area contributed by atoms with Gasteiger partial charge in [-0.3, -0.25) is 0 Å². The molecule has 2 heterocycles. The minimum absolute atomic E-state index is 0.506. The van der Waals surface area contributed by atoms with Crippen molar-refractivity contribution in [2.75, 3.05) is 4.90 Å². The summed E-state index contributed by atoms with van der Waals surface area (Å²) in [5.41, 5.74) is 15.8. The van der Waals surface area contributed by atoms with E-state index < -0.39 is 0 Å². The minimum atomic E-state index is 0.506. The Labute approximate surface area is 236 Å². The summed E-state index contributed by atoms with van der Waals surface area (Å²) in [5, 5.41) is 0. The van der Waals surface area contributed by atoms with Gasteiger partial charge in [0.2, 0.25) is 0 Å². The quantitative estimate of drug-likeness (QED) is 0.228. The van der Waals surface area contributed by atoms with Crippen LogP contribution in [0, 0.1) is 0 Å². The van der Waals surface area contributed by atoms with E-state index in [0.29, 0.717) is 6.04 Å². The SMILES string of the molecule is c1ccc(-c2ccc(-c3ccc4c(c3)CC3Cc5cc(-c6cccc(-c7ccccc7)c6)ccc5N43)cc2)cc1. The van der Waals surface area contributed by atoms with Crippen LogP contribution in [0.2, 0.25) is 0 Å². The molecule has 0 spiro atoms. The fourth-order valence-electron chi connectivity index (χ4n) is 6.61. The molecule has 1 atom stereocenters. The predicted molar refractivity (Wildman–Crippen MR) is 168 cm³/mol. The lowest BCUT2D eigenvalue weighted by atomic mass is 9.95. The summed E-state index contributed by atoms with van der Waals surface area (Å²) < 4.78 is 0. The first-order valence-electron chi connectivity index (χ1n) is 14.2. The highest BCUT2D eigenvalue weighted by atomic mass is 15.2. The molecule has 0 saturated heterocycles. The lowest BCUT2D eigenvalue weighted by Gasteiger charge is -2.21. The fraction of sp³-hybridized carbons (Fsp3) is 0.0769. The molecule has 0 aromatic heterocycles. The average Bonchev–Trinajstić information content (AvgIpc) is 3.57. The van der Waals surface area contributed by atoms with Gasteiger partial charge in [0.1, 0.15) is 0 Å². The van der Waals surface area contributed by atoms with Crippen LogP contribution in [0.15, 0.2) is 146 Å². The number of rotatable bonds is 4. The molecule has 1 heteroatoms. The van der Waals surface area contributed by atoms with Gasteiger partial charge in [0.05, 0.1) is 0 Å². The first-order valence-corrected chi connectivity index (χ1v) is 14.2. The molecule has 6 aromatic rings. The molecule has 8 rings (SSSR count). The summed E-state index contributed by atoms with van der Waals surface area (Å²) in [7, 11) is 0. The van der Waals surface area contributed by atoms with E-state index in [0.717, 1.165) is 12.8 Å². The Kier molecular flexibility index (Phi) is 5.41. The molecule has 0 N–H and O–H groups in total. The van der Waals surface area contributed by atoms with Crippen molar-refractivity contribution in [1.29, 1.82) is 0 Å². The molecule has 40 heavy (non-hydrogen) atoms. The zero-order valence-corrected chi connectivity index (χ0v) is 22.3. The largest absolute Gasteiger partial charge is 0.337 e. The summed E-state index contributed by atoms with van der Waals surface area (Å²) in [6, 6.07) is 53.7. The summed E-state index contributed by atoms with van der Waals surface area (Å²) in [5.74, 6) is 0. The van der Waals surface area contributed by atoms with E-state index in [1.54, 1.807) is 0 Å². The van der Waals surface area contributed by atoms with Crippen molar-refractivity contribution < 1.29 is 0 Å². The monoisotopic (exact) mass is 511 g/mol. The van der Waals surface area contributed by atoms with Crippen LogP contribution in [0.4, 0.5) is 11.4 Å². The number of anilines is 2. The Morgan fingerprint density at radius 3 is 1.30 bits per heavy atom. The van der Waals surface area contributed by atoms with Crippen molar-refractivity contribution in [2.45, 2.75) is 18.9 Å². The second kappa shape index (κ2) is 9.39. The van der Waals surface area contributed by atoms with Crippen molar-refractivity contribution in [2.24, 2.45) is 0 Å². The first-order chi connectivity index (χ1) is 19.8. The van der Waals surface area contributed by atoms with Crippen molar-refractivity contribution in [3.8, 4) is 44.5 Å². The van der Waals surface area contributed by atoms with E-state index in [-0.39, 0.29) is 0 Å². The van der Waals surface area contributed by atoms with Gasteiger partial charge in [-0.25, -0.2) is 0 Å². The summed E-state index contributed by atoms with van der Waals surface area (Å²) >= 11 is 0. The standard InChI is InChI=1S/C39H29N/c1-3-8-27(9-4-1)29-14-16-30(17-15-29)33-18-20-38-35(23-33)25-37-26-36-24-34(19-21-39(36)40(37)38)32-13-7-12-31(22-32)28-10-5-2-6-11-28/h1-24,37H,25-26H2. The van der Waals surface area contributed by atoms with Gasteiger partial charge in [0.25, 0.3) is 0 Å². The van der Waals surface area contributed by atoms with Gasteiger partial charge >= 0.3 is 0 Å². The molecule has 0 radical (unpaired) electrons. The number of nitrogens with zero attached hydrogens (tertiary/aromatic N) is 1. The molecule has 2 aliphatic heterocycles. The van der Waals surface area contributed by atoms with Crippen LogP contribution >= 0.6 is 0 Å². The zero-order valence-electron chi connectivity index (χ0n) is 22.3. The molecule has 6 aromatic carbocycles. The zero-order chi connectivity index (χ0) is 26.5. The maximum atomic E-state index is 2.58. The third kappa shape index (κ3) is 3.94. The molecule has 0 aliphatic carbocycles. The summed E-state index contributed by atoms with van der Waals surface area (Å²) in [6.45, 7) is 0. The Hall–Kier alpha value is -4.88. The van der Waals surface area contributed by atoms with E-state index >= 15 is 0 Å². The lowest BCUT2D eigenvalue weighted by molar-refractivity contribution is 0.725. The van der Waals surface area contributed by atoms with Gasteiger partial charge in [-0.1, -0.05) is 115 Å². The van der Waals surface area contributed by atoms with Gasteiger partial charge in [0.15, 0.2) is 0 Å². The molecule has 0 saturated carbocycles. The molecular formula is C39H29N. The molecule has 0 amide bonds. The van der Waals surface area contributed by atoms with Crippen LogP contribution in [-0.2, 0) is 12.8 Å². The Morgan fingerprint density at radius 2 is 0.725 bits per heavy atom. The van der Waals surface area contributed by atoms with Gasteiger partial charge in [-0.05, 0) is 98.8 Å². The lowest BCUT2D eigenvalue weighted by Crippen LogP contribution is -2.22. The topological polar surface area (TPSA) is 3.24 Å². The Balaban J connectivity index is 1.07. The average molecular weight is 512 g/mol. The summed E-state index contributed by atoms with van der Waals surface area (Å²) in [6.07, 6.45) is 2.19. The maximum Gasteiger partial charge on any atom is 0.0447 e. The van der Waals surface area contributed by atoms with Crippen LogP contribution in [0.5, 0.6) is 0 Å². The van der Waals surface area contributed by atoms with Crippen molar-refractivity contribution in [1.82, 2.24) is 0 Å². The van der Waals surface area contributed by atoms with E-state index in [4.69, 9.17) is 0 Å². The molecule has 0 bridgehead atoms. The smallest absolute Gasteiger partial charge is 0.0447 e. The molecule has 190 valence electrons. The third-order valence-electron chi connectivity index (χ3n) is 8.58. The van der Waals surface area contributed by atoms with E-state index in [1.807, 2.05) is 0 Å². The van der Waals surface area contributed by atoms with Gasteiger partial charge in [-0.2, -0.15) is 0 Å². The highest BCUT2D eigenvalue weighted by Gasteiger charge is 2.37. The number of hydrogen-bond donors (Lipinski definition) is 0. The highest BCUT2D eigenvalue weighted by Crippen LogP contribution is 2.48. The first kappa shape index (κ1) is 23.0. The molecule has 1 unspecified atom stereocenters. The molecule has 0 fully saturated rings. The maximum absolute atomic E-state index is 2.58. The van der Waals surface area contributed by atoms with Crippen LogP contribution in [-0.4, -0.2) is 6.04 Å². The van der Waals surface area contributed by atoms with Gasteiger partial charge in [0, 0.05) is 17.4 Å². The van der Waals surface area contributed by atoms with Crippen LogP contribution < -0.4 is 4.90 Å². The van der Waals surface area contributed by atoms with E-state index in [2.05, 4.69) is 150 Å².